The molecule has 3 aromatic rings. The Bertz CT molecular complexity index is 1320. The van der Waals surface area contributed by atoms with E-state index in [1.165, 1.54) is 7.11 Å². The van der Waals surface area contributed by atoms with Gasteiger partial charge in [0.25, 0.3) is 11.8 Å². The Hall–Kier alpha value is -4.18. The molecule has 3 rings (SSSR count). The number of nitrogens with zero attached hydrogens (tertiary/aromatic N) is 2. The molecule has 0 unspecified atom stereocenters. The lowest BCUT2D eigenvalue weighted by Crippen LogP contribution is -2.39. The SMILES string of the molecule is COc1ccccc1N(CC(=O)N/N=C(\C)c1ccc(NC(=O)c2ccccc2)cc1)S(C)(=O)=O. The van der Waals surface area contributed by atoms with Crippen LogP contribution in [0.4, 0.5) is 11.4 Å². The number of hydrogen-bond acceptors (Lipinski definition) is 6. The lowest BCUT2D eigenvalue weighted by atomic mass is 10.1. The van der Waals surface area contributed by atoms with Crippen LogP contribution >= 0.6 is 0 Å². The number of sulfonamides is 1. The van der Waals surface area contributed by atoms with Gasteiger partial charge < -0.3 is 10.1 Å². The molecule has 0 aromatic heterocycles. The van der Waals surface area contributed by atoms with Crippen LogP contribution in [0.1, 0.15) is 22.8 Å². The maximum absolute atomic E-state index is 12.5. The molecule has 3 aromatic carbocycles. The fourth-order valence-electron chi connectivity index (χ4n) is 3.18. The zero-order valence-electron chi connectivity index (χ0n) is 19.6. The Morgan fingerprint density at radius 3 is 2.17 bits per heavy atom. The molecule has 0 spiro atoms. The first-order chi connectivity index (χ1) is 16.7. The maximum atomic E-state index is 12.5. The molecule has 0 aliphatic heterocycles. The van der Waals surface area contributed by atoms with E-state index in [9.17, 15) is 18.0 Å². The Morgan fingerprint density at radius 2 is 1.54 bits per heavy atom. The van der Waals surface area contributed by atoms with Crippen molar-refractivity contribution < 1.29 is 22.7 Å². The number of ether oxygens (including phenoxy) is 1. The molecule has 0 aliphatic rings. The van der Waals surface area contributed by atoms with E-state index in [2.05, 4.69) is 15.8 Å². The summed E-state index contributed by atoms with van der Waals surface area (Å²) in [6.45, 7) is 1.23. The van der Waals surface area contributed by atoms with Crippen molar-refractivity contribution in [3.63, 3.8) is 0 Å². The van der Waals surface area contributed by atoms with Gasteiger partial charge >= 0.3 is 0 Å². The maximum Gasteiger partial charge on any atom is 0.260 e. The number of carbonyl (C=O) groups is 2. The summed E-state index contributed by atoms with van der Waals surface area (Å²) >= 11 is 0. The molecule has 0 fully saturated rings. The first-order valence-corrected chi connectivity index (χ1v) is 12.4. The van der Waals surface area contributed by atoms with Gasteiger partial charge in [0.15, 0.2) is 0 Å². The average molecular weight is 495 g/mol. The first kappa shape index (κ1) is 25.4. The van der Waals surface area contributed by atoms with Gasteiger partial charge in [0, 0.05) is 11.3 Å². The van der Waals surface area contributed by atoms with Crippen LogP contribution in [-0.4, -0.2) is 45.9 Å². The largest absolute Gasteiger partial charge is 0.495 e. The fourth-order valence-corrected chi connectivity index (χ4v) is 4.04. The highest BCUT2D eigenvalue weighted by Crippen LogP contribution is 2.29. The number of hydrazone groups is 1. The number of hydrogen-bond donors (Lipinski definition) is 2. The molecular formula is C25H26N4O5S. The second kappa shape index (κ2) is 11.3. The lowest BCUT2D eigenvalue weighted by molar-refractivity contribution is -0.119. The summed E-state index contributed by atoms with van der Waals surface area (Å²) < 4.78 is 30.8. The summed E-state index contributed by atoms with van der Waals surface area (Å²) in [5.74, 6) is -0.515. The molecule has 35 heavy (non-hydrogen) atoms. The second-order valence-electron chi connectivity index (χ2n) is 7.57. The third-order valence-corrected chi connectivity index (χ3v) is 6.11. The van der Waals surface area contributed by atoms with E-state index in [0.717, 1.165) is 10.6 Å². The molecule has 182 valence electrons. The number of para-hydroxylation sites is 2. The minimum atomic E-state index is -3.76. The van der Waals surface area contributed by atoms with E-state index in [1.807, 2.05) is 6.07 Å². The van der Waals surface area contributed by atoms with Crippen molar-refractivity contribution in [1.29, 1.82) is 0 Å². The van der Waals surface area contributed by atoms with Gasteiger partial charge in [-0.2, -0.15) is 5.10 Å². The molecule has 0 atom stereocenters. The molecule has 9 nitrogen and oxygen atoms in total. The smallest absolute Gasteiger partial charge is 0.260 e. The summed E-state index contributed by atoms with van der Waals surface area (Å²) in [6.07, 6.45) is 1.01. The molecular weight excluding hydrogens is 468 g/mol. The molecule has 2 N–H and O–H groups in total. The molecule has 2 amide bonds. The third kappa shape index (κ3) is 6.90. The van der Waals surface area contributed by atoms with Crippen molar-refractivity contribution in [2.75, 3.05) is 29.5 Å². The summed E-state index contributed by atoms with van der Waals surface area (Å²) in [5.41, 5.74) is 5.02. The predicted octanol–water partition coefficient (Wildman–Crippen LogP) is 3.25. The minimum absolute atomic E-state index is 0.221. The van der Waals surface area contributed by atoms with Gasteiger partial charge in [-0.25, -0.2) is 13.8 Å². The fraction of sp³-hybridized carbons (Fsp3) is 0.160. The lowest BCUT2D eigenvalue weighted by Gasteiger charge is -2.23. The topological polar surface area (TPSA) is 117 Å². The highest BCUT2D eigenvalue weighted by Gasteiger charge is 2.23. The van der Waals surface area contributed by atoms with Gasteiger partial charge in [0.05, 0.1) is 24.8 Å². The van der Waals surface area contributed by atoms with Gasteiger partial charge in [-0.1, -0.05) is 42.5 Å². The van der Waals surface area contributed by atoms with E-state index in [4.69, 9.17) is 4.74 Å². The minimum Gasteiger partial charge on any atom is -0.495 e. The second-order valence-corrected chi connectivity index (χ2v) is 9.48. The van der Waals surface area contributed by atoms with Crippen molar-refractivity contribution in [2.24, 2.45) is 5.10 Å². The molecule has 0 heterocycles. The number of nitrogens with one attached hydrogen (secondary N) is 2. The van der Waals surface area contributed by atoms with Crippen LogP contribution in [0.5, 0.6) is 5.75 Å². The number of benzene rings is 3. The normalized spacial score (nSPS) is 11.5. The van der Waals surface area contributed by atoms with Crippen LogP contribution in [0.25, 0.3) is 0 Å². The Labute approximate surface area is 204 Å². The van der Waals surface area contributed by atoms with Crippen molar-refractivity contribution in [3.05, 3.63) is 90.0 Å². The van der Waals surface area contributed by atoms with Crippen LogP contribution in [0.2, 0.25) is 0 Å². The molecule has 0 saturated heterocycles. The van der Waals surface area contributed by atoms with Crippen LogP contribution in [-0.2, 0) is 14.8 Å². The number of anilines is 2. The van der Waals surface area contributed by atoms with Crippen molar-refractivity contribution >= 4 is 38.9 Å². The van der Waals surface area contributed by atoms with Crippen molar-refractivity contribution in [2.45, 2.75) is 6.92 Å². The van der Waals surface area contributed by atoms with Crippen LogP contribution in [0.3, 0.4) is 0 Å². The molecule has 0 saturated carbocycles. The van der Waals surface area contributed by atoms with Gasteiger partial charge in [0.1, 0.15) is 12.3 Å². The zero-order chi connectivity index (χ0) is 25.4. The standard InChI is InChI=1S/C25H26N4O5S/c1-18(19-13-15-21(16-14-19)26-25(31)20-9-5-4-6-10-20)27-28-24(30)17-29(35(3,32)33)22-11-7-8-12-23(22)34-2/h4-16H,17H2,1-3H3,(H,26,31)(H,28,30)/b27-18+. The summed E-state index contributed by atoms with van der Waals surface area (Å²) in [7, 11) is -2.34. The van der Waals surface area contributed by atoms with Crippen LogP contribution in [0.15, 0.2) is 84.0 Å². The summed E-state index contributed by atoms with van der Waals surface area (Å²) in [6, 6.07) is 22.3. The third-order valence-electron chi connectivity index (χ3n) is 4.99. The first-order valence-electron chi connectivity index (χ1n) is 10.6. The predicted molar refractivity (Wildman–Crippen MR) is 136 cm³/mol. The van der Waals surface area contributed by atoms with E-state index >= 15 is 0 Å². The Balaban J connectivity index is 1.65. The zero-order valence-corrected chi connectivity index (χ0v) is 20.4. The summed E-state index contributed by atoms with van der Waals surface area (Å²) in [5, 5.41) is 6.89. The monoisotopic (exact) mass is 494 g/mol. The van der Waals surface area contributed by atoms with Gasteiger partial charge in [-0.3, -0.25) is 13.9 Å². The Kier molecular flexibility index (Phi) is 8.21. The molecule has 10 heteroatoms. The van der Waals surface area contributed by atoms with E-state index < -0.39 is 22.5 Å². The number of carbonyl (C=O) groups excluding carboxylic acids is 2. The molecule has 0 radical (unpaired) electrons. The van der Waals surface area contributed by atoms with Gasteiger partial charge in [0.2, 0.25) is 10.0 Å². The summed E-state index contributed by atoms with van der Waals surface area (Å²) in [4.78, 5) is 24.8. The van der Waals surface area contributed by atoms with E-state index in [-0.39, 0.29) is 11.6 Å². The van der Waals surface area contributed by atoms with Crippen LogP contribution < -0.4 is 19.8 Å². The number of methoxy groups -OCH3 is 1. The van der Waals surface area contributed by atoms with Crippen molar-refractivity contribution in [1.82, 2.24) is 5.43 Å². The number of rotatable bonds is 9. The Morgan fingerprint density at radius 1 is 0.914 bits per heavy atom. The van der Waals surface area contributed by atoms with Gasteiger partial charge in [-0.05, 0) is 48.9 Å². The molecule has 0 bridgehead atoms. The van der Waals surface area contributed by atoms with Gasteiger partial charge in [-0.15, -0.1) is 0 Å². The average Bonchev–Trinajstić information content (AvgIpc) is 2.86. The van der Waals surface area contributed by atoms with Crippen molar-refractivity contribution in [3.8, 4) is 5.75 Å². The molecule has 0 aliphatic carbocycles. The van der Waals surface area contributed by atoms with E-state index in [1.54, 1.807) is 79.7 Å². The number of amides is 2. The van der Waals surface area contributed by atoms with Crippen LogP contribution in [0, 0.1) is 0 Å². The van der Waals surface area contributed by atoms with E-state index in [0.29, 0.717) is 28.3 Å². The quantitative estimate of drug-likeness (QED) is 0.350. The highest BCUT2D eigenvalue weighted by molar-refractivity contribution is 7.92. The highest BCUT2D eigenvalue weighted by atomic mass is 32.2.